The Morgan fingerprint density at radius 2 is 1.64 bits per heavy atom. The van der Waals surface area contributed by atoms with Gasteiger partial charge < -0.3 is 9.80 Å². The molecule has 1 heterocycles. The van der Waals surface area contributed by atoms with Crippen LogP contribution in [0.5, 0.6) is 0 Å². The SMILES string of the molecule is CN(Cc1ccccc1)C(=O)CN(C)C1=NS(=O)(=O)c2ccccc21. The van der Waals surface area contributed by atoms with Crippen molar-refractivity contribution in [2.24, 2.45) is 4.40 Å². The lowest BCUT2D eigenvalue weighted by Crippen LogP contribution is -2.39. The fourth-order valence-corrected chi connectivity index (χ4v) is 3.96. The number of carbonyl (C=O) groups is 1. The summed E-state index contributed by atoms with van der Waals surface area (Å²) in [7, 11) is -0.285. The summed E-state index contributed by atoms with van der Waals surface area (Å²) >= 11 is 0. The number of likely N-dealkylation sites (N-methyl/N-ethyl adjacent to an activating group) is 2. The molecule has 6 nitrogen and oxygen atoms in total. The van der Waals surface area contributed by atoms with E-state index >= 15 is 0 Å². The van der Waals surface area contributed by atoms with Crippen LogP contribution in [0.25, 0.3) is 0 Å². The highest BCUT2D eigenvalue weighted by atomic mass is 32.2. The molecule has 0 bridgehead atoms. The van der Waals surface area contributed by atoms with Crippen LogP contribution in [-0.4, -0.2) is 50.6 Å². The van der Waals surface area contributed by atoms with E-state index in [1.807, 2.05) is 30.3 Å². The number of fused-ring (bicyclic) bond motifs is 1. The van der Waals surface area contributed by atoms with Gasteiger partial charge in [-0.05, 0) is 17.7 Å². The quantitative estimate of drug-likeness (QED) is 0.835. The Kier molecular flexibility index (Phi) is 4.59. The number of amidine groups is 1. The number of sulfonamides is 1. The lowest BCUT2D eigenvalue weighted by Gasteiger charge is -2.23. The highest BCUT2D eigenvalue weighted by Crippen LogP contribution is 2.26. The van der Waals surface area contributed by atoms with Crippen molar-refractivity contribution < 1.29 is 13.2 Å². The number of amides is 1. The van der Waals surface area contributed by atoms with Gasteiger partial charge >= 0.3 is 0 Å². The molecule has 1 amide bonds. The molecule has 0 radical (unpaired) electrons. The topological polar surface area (TPSA) is 70.1 Å². The second-order valence-electron chi connectivity index (χ2n) is 5.98. The van der Waals surface area contributed by atoms with Crippen molar-refractivity contribution in [3.05, 3.63) is 65.7 Å². The number of benzene rings is 2. The average Bonchev–Trinajstić information content (AvgIpc) is 2.87. The van der Waals surface area contributed by atoms with Crippen molar-refractivity contribution in [1.82, 2.24) is 9.80 Å². The van der Waals surface area contributed by atoms with Crippen LogP contribution in [0.2, 0.25) is 0 Å². The summed E-state index contributed by atoms with van der Waals surface area (Å²) in [5.41, 5.74) is 1.57. The molecule has 0 aliphatic carbocycles. The van der Waals surface area contributed by atoms with Crippen LogP contribution in [0.3, 0.4) is 0 Å². The van der Waals surface area contributed by atoms with Crippen molar-refractivity contribution in [1.29, 1.82) is 0 Å². The Morgan fingerprint density at radius 3 is 2.36 bits per heavy atom. The molecular weight excluding hydrogens is 338 g/mol. The van der Waals surface area contributed by atoms with Crippen LogP contribution in [0, 0.1) is 0 Å². The summed E-state index contributed by atoms with van der Waals surface area (Å²) in [6.07, 6.45) is 0. The summed E-state index contributed by atoms with van der Waals surface area (Å²) in [5, 5.41) is 0. The maximum Gasteiger partial charge on any atom is 0.285 e. The second kappa shape index (κ2) is 6.68. The maximum absolute atomic E-state index is 12.5. The highest BCUT2D eigenvalue weighted by Gasteiger charge is 2.31. The molecule has 0 N–H and O–H groups in total. The van der Waals surface area contributed by atoms with Gasteiger partial charge in [0, 0.05) is 26.2 Å². The van der Waals surface area contributed by atoms with Crippen LogP contribution >= 0.6 is 0 Å². The largest absolute Gasteiger partial charge is 0.349 e. The van der Waals surface area contributed by atoms with Crippen molar-refractivity contribution in [2.45, 2.75) is 11.4 Å². The van der Waals surface area contributed by atoms with Gasteiger partial charge in [-0.2, -0.15) is 8.42 Å². The van der Waals surface area contributed by atoms with E-state index in [0.29, 0.717) is 17.9 Å². The molecule has 0 aromatic heterocycles. The van der Waals surface area contributed by atoms with E-state index in [2.05, 4.69) is 4.40 Å². The average molecular weight is 357 g/mol. The third-order valence-corrected chi connectivity index (χ3v) is 5.36. The third kappa shape index (κ3) is 3.56. The minimum Gasteiger partial charge on any atom is -0.349 e. The van der Waals surface area contributed by atoms with Gasteiger partial charge in [0.1, 0.15) is 4.90 Å². The van der Waals surface area contributed by atoms with Gasteiger partial charge in [-0.1, -0.05) is 42.5 Å². The van der Waals surface area contributed by atoms with E-state index in [1.54, 1.807) is 42.1 Å². The smallest absolute Gasteiger partial charge is 0.285 e. The first-order chi connectivity index (χ1) is 11.9. The first-order valence-corrected chi connectivity index (χ1v) is 9.26. The Morgan fingerprint density at radius 1 is 1.00 bits per heavy atom. The summed E-state index contributed by atoms with van der Waals surface area (Å²) in [5.74, 6) is 0.188. The maximum atomic E-state index is 12.5. The van der Waals surface area contributed by atoms with Crippen molar-refractivity contribution in [3.8, 4) is 0 Å². The Bertz CT molecular complexity index is 924. The molecule has 0 spiro atoms. The summed E-state index contributed by atoms with van der Waals surface area (Å²) in [4.78, 5) is 15.8. The second-order valence-corrected chi connectivity index (χ2v) is 7.55. The molecule has 25 heavy (non-hydrogen) atoms. The predicted octanol–water partition coefficient (Wildman–Crippen LogP) is 1.73. The molecule has 130 valence electrons. The molecule has 1 aliphatic heterocycles. The van der Waals surface area contributed by atoms with E-state index in [4.69, 9.17) is 0 Å². The molecule has 0 fully saturated rings. The number of hydrogen-bond acceptors (Lipinski definition) is 4. The van der Waals surface area contributed by atoms with Gasteiger partial charge in [0.05, 0.1) is 6.54 Å². The first kappa shape index (κ1) is 17.2. The van der Waals surface area contributed by atoms with Gasteiger partial charge in [-0.3, -0.25) is 4.79 Å². The normalized spacial score (nSPS) is 14.6. The lowest BCUT2D eigenvalue weighted by molar-refractivity contribution is -0.130. The van der Waals surface area contributed by atoms with Gasteiger partial charge in [-0.15, -0.1) is 4.40 Å². The van der Waals surface area contributed by atoms with Crippen molar-refractivity contribution in [3.63, 3.8) is 0 Å². The zero-order valence-corrected chi connectivity index (χ0v) is 14.9. The van der Waals surface area contributed by atoms with Crippen LogP contribution in [-0.2, 0) is 21.4 Å². The molecule has 2 aromatic rings. The summed E-state index contributed by atoms with van der Waals surface area (Å²) in [6.45, 7) is 0.543. The summed E-state index contributed by atoms with van der Waals surface area (Å²) < 4.78 is 28.1. The van der Waals surface area contributed by atoms with Crippen LogP contribution in [0.1, 0.15) is 11.1 Å². The molecule has 0 unspecified atom stereocenters. The Labute approximate surface area is 147 Å². The fourth-order valence-electron chi connectivity index (χ4n) is 2.71. The van der Waals surface area contributed by atoms with Crippen LogP contribution in [0.4, 0.5) is 0 Å². The highest BCUT2D eigenvalue weighted by molar-refractivity contribution is 7.90. The monoisotopic (exact) mass is 357 g/mol. The van der Waals surface area contributed by atoms with Crippen molar-refractivity contribution in [2.75, 3.05) is 20.6 Å². The summed E-state index contributed by atoms with van der Waals surface area (Å²) in [6, 6.07) is 16.3. The van der Waals surface area contributed by atoms with Gasteiger partial charge in [0.25, 0.3) is 10.0 Å². The minimum absolute atomic E-state index is 0.0476. The number of hydrogen-bond donors (Lipinski definition) is 0. The molecule has 0 saturated heterocycles. The zero-order chi connectivity index (χ0) is 18.0. The fraction of sp³-hybridized carbons (Fsp3) is 0.222. The van der Waals surface area contributed by atoms with Gasteiger partial charge in [0.15, 0.2) is 5.84 Å². The number of carbonyl (C=O) groups excluding carboxylic acids is 1. The van der Waals surface area contributed by atoms with Crippen LogP contribution < -0.4 is 0 Å². The third-order valence-electron chi connectivity index (χ3n) is 4.03. The molecule has 3 rings (SSSR count). The molecule has 1 aliphatic rings. The standard InChI is InChI=1S/C18H19N3O3S/c1-20(12-14-8-4-3-5-9-14)17(22)13-21(2)18-15-10-6-7-11-16(15)25(23,24)19-18/h3-11H,12-13H2,1-2H3. The minimum atomic E-state index is -3.68. The lowest BCUT2D eigenvalue weighted by atomic mass is 10.2. The van der Waals surface area contributed by atoms with E-state index in [9.17, 15) is 13.2 Å². The Balaban J connectivity index is 1.72. The van der Waals surface area contributed by atoms with E-state index < -0.39 is 10.0 Å². The zero-order valence-electron chi connectivity index (χ0n) is 14.1. The molecule has 2 aromatic carbocycles. The van der Waals surface area contributed by atoms with Crippen LogP contribution in [0.15, 0.2) is 63.9 Å². The van der Waals surface area contributed by atoms with Gasteiger partial charge in [-0.25, -0.2) is 0 Å². The number of rotatable bonds is 4. The van der Waals surface area contributed by atoms with E-state index in [1.165, 1.54) is 6.07 Å². The van der Waals surface area contributed by atoms with Crippen molar-refractivity contribution >= 4 is 21.8 Å². The number of nitrogens with zero attached hydrogens (tertiary/aromatic N) is 3. The molecular formula is C18H19N3O3S. The van der Waals surface area contributed by atoms with Gasteiger partial charge in [0.2, 0.25) is 5.91 Å². The Hall–Kier alpha value is -2.67. The predicted molar refractivity (Wildman–Crippen MR) is 95.7 cm³/mol. The van der Waals surface area contributed by atoms with E-state index in [-0.39, 0.29) is 17.3 Å². The van der Waals surface area contributed by atoms with E-state index in [0.717, 1.165) is 5.56 Å². The molecule has 0 atom stereocenters. The molecule has 0 saturated carbocycles. The first-order valence-electron chi connectivity index (χ1n) is 7.82. The molecule has 7 heteroatoms.